The summed E-state index contributed by atoms with van der Waals surface area (Å²) in [4.78, 5) is 24.7. The fourth-order valence-corrected chi connectivity index (χ4v) is 3.20. The van der Waals surface area contributed by atoms with E-state index >= 15 is 0 Å². The normalized spacial score (nSPS) is 31.9. The first-order valence-electron chi connectivity index (χ1n) is 6.80. The van der Waals surface area contributed by atoms with Crippen LogP contribution >= 0.6 is 0 Å². The van der Waals surface area contributed by atoms with Gasteiger partial charge in [0.2, 0.25) is 0 Å². The van der Waals surface area contributed by atoms with E-state index in [9.17, 15) is 9.59 Å². The second-order valence-electron chi connectivity index (χ2n) is 6.72. The minimum atomic E-state index is -0.436. The molecule has 102 valence electrons. The molecule has 0 aromatic rings. The van der Waals surface area contributed by atoms with Crippen molar-refractivity contribution in [2.24, 2.45) is 17.8 Å². The van der Waals surface area contributed by atoms with Crippen LogP contribution in [0.1, 0.15) is 40.0 Å². The van der Waals surface area contributed by atoms with E-state index in [1.165, 1.54) is 0 Å². The van der Waals surface area contributed by atoms with Gasteiger partial charge in [0.05, 0.1) is 0 Å². The van der Waals surface area contributed by atoms with E-state index in [0.29, 0.717) is 11.8 Å². The Balaban J connectivity index is 1.94. The molecule has 18 heavy (non-hydrogen) atoms. The number of aldehydes is 1. The number of piperidine rings is 1. The van der Waals surface area contributed by atoms with Gasteiger partial charge in [-0.15, -0.1) is 0 Å². The van der Waals surface area contributed by atoms with Crippen molar-refractivity contribution in [2.45, 2.75) is 45.6 Å². The van der Waals surface area contributed by atoms with Crippen LogP contribution in [0.25, 0.3) is 0 Å². The third kappa shape index (κ3) is 3.24. The number of ether oxygens (including phenoxy) is 1. The Morgan fingerprint density at radius 2 is 1.72 bits per heavy atom. The molecule has 0 radical (unpaired) electrons. The summed E-state index contributed by atoms with van der Waals surface area (Å²) < 4.78 is 5.41. The maximum atomic E-state index is 12.0. The van der Waals surface area contributed by atoms with Crippen LogP contribution in [0.5, 0.6) is 0 Å². The zero-order chi connectivity index (χ0) is 13.3. The molecule has 1 heterocycles. The summed E-state index contributed by atoms with van der Waals surface area (Å²) in [6.07, 6.45) is 3.90. The van der Waals surface area contributed by atoms with Crippen molar-refractivity contribution in [2.75, 3.05) is 13.1 Å². The highest BCUT2D eigenvalue weighted by molar-refractivity contribution is 5.68. The molecule has 1 saturated carbocycles. The second-order valence-corrected chi connectivity index (χ2v) is 6.72. The van der Waals surface area contributed by atoms with Crippen molar-refractivity contribution in [3.05, 3.63) is 0 Å². The van der Waals surface area contributed by atoms with Crippen LogP contribution in [0.3, 0.4) is 0 Å². The van der Waals surface area contributed by atoms with E-state index in [1.807, 2.05) is 25.7 Å². The number of carbonyl (C=O) groups excluding carboxylic acids is 2. The predicted octanol–water partition coefficient (Wildman–Crippen LogP) is 2.47. The molecule has 0 spiro atoms. The van der Waals surface area contributed by atoms with E-state index in [2.05, 4.69) is 0 Å². The zero-order valence-corrected chi connectivity index (χ0v) is 11.5. The Morgan fingerprint density at radius 3 is 2.17 bits per heavy atom. The van der Waals surface area contributed by atoms with E-state index in [0.717, 1.165) is 38.6 Å². The molecule has 0 N–H and O–H groups in total. The quantitative estimate of drug-likeness (QED) is 0.674. The molecule has 2 fully saturated rings. The van der Waals surface area contributed by atoms with Crippen molar-refractivity contribution >= 4 is 12.4 Å². The summed E-state index contributed by atoms with van der Waals surface area (Å²) in [7, 11) is 0. The maximum absolute atomic E-state index is 12.0. The van der Waals surface area contributed by atoms with Gasteiger partial charge in [0.25, 0.3) is 0 Å². The van der Waals surface area contributed by atoms with Gasteiger partial charge >= 0.3 is 6.09 Å². The number of amides is 1. The SMILES string of the molecule is CC(C)(C)OC(=O)N1CC2CC(C=O)C[C@@H](C2)C1. The zero-order valence-electron chi connectivity index (χ0n) is 11.5. The van der Waals surface area contributed by atoms with Crippen LogP contribution in [0.15, 0.2) is 0 Å². The van der Waals surface area contributed by atoms with Crippen molar-refractivity contribution in [3.63, 3.8) is 0 Å². The van der Waals surface area contributed by atoms with E-state index in [-0.39, 0.29) is 12.0 Å². The highest BCUT2D eigenvalue weighted by Crippen LogP contribution is 2.37. The van der Waals surface area contributed by atoms with Gasteiger partial charge in [-0.2, -0.15) is 0 Å². The molecule has 4 nitrogen and oxygen atoms in total. The molecule has 2 rings (SSSR count). The minimum Gasteiger partial charge on any atom is -0.444 e. The van der Waals surface area contributed by atoms with Gasteiger partial charge in [-0.25, -0.2) is 4.79 Å². The number of nitrogens with zero attached hydrogens (tertiary/aromatic N) is 1. The third-order valence-electron chi connectivity index (χ3n) is 3.74. The maximum Gasteiger partial charge on any atom is 0.410 e. The smallest absolute Gasteiger partial charge is 0.410 e. The van der Waals surface area contributed by atoms with Crippen molar-refractivity contribution in [3.8, 4) is 0 Å². The van der Waals surface area contributed by atoms with E-state index in [4.69, 9.17) is 4.74 Å². The highest BCUT2D eigenvalue weighted by Gasteiger charge is 2.37. The summed E-state index contributed by atoms with van der Waals surface area (Å²) in [5.74, 6) is 1.15. The van der Waals surface area contributed by atoms with Gasteiger partial charge < -0.3 is 14.4 Å². The Labute approximate surface area is 109 Å². The standard InChI is InChI=1S/C14H23NO3/c1-14(2,3)18-13(17)15-7-10-4-11(8-15)6-12(5-10)9-16/h9-12H,4-8H2,1-3H3/t10-,11?,12?/m1/s1. The van der Waals surface area contributed by atoms with Gasteiger partial charge in [-0.3, -0.25) is 0 Å². The van der Waals surface area contributed by atoms with Crippen LogP contribution in [-0.2, 0) is 9.53 Å². The molecule has 1 amide bonds. The number of fused-ring (bicyclic) bond motifs is 2. The third-order valence-corrected chi connectivity index (χ3v) is 3.74. The fraction of sp³-hybridized carbons (Fsp3) is 0.857. The van der Waals surface area contributed by atoms with Crippen LogP contribution in [0.2, 0.25) is 0 Å². The predicted molar refractivity (Wildman–Crippen MR) is 68.2 cm³/mol. The van der Waals surface area contributed by atoms with Gasteiger partial charge in [0, 0.05) is 19.0 Å². The number of hydrogen-bond donors (Lipinski definition) is 0. The second kappa shape index (κ2) is 4.90. The summed E-state index contributed by atoms with van der Waals surface area (Å²) in [5, 5.41) is 0. The van der Waals surface area contributed by atoms with Gasteiger partial charge in [-0.05, 0) is 51.9 Å². The molecule has 1 saturated heterocycles. The first-order chi connectivity index (χ1) is 8.37. The van der Waals surface area contributed by atoms with Gasteiger partial charge in [0.1, 0.15) is 11.9 Å². The average molecular weight is 253 g/mol. The fourth-order valence-electron chi connectivity index (χ4n) is 3.20. The molecule has 3 atom stereocenters. The lowest BCUT2D eigenvalue weighted by atomic mass is 9.73. The number of hydrogen-bond acceptors (Lipinski definition) is 3. The molecule has 0 aromatic heterocycles. The molecule has 2 aliphatic rings. The first kappa shape index (κ1) is 13.4. The Bertz CT molecular complexity index is 320. The molecule has 0 aromatic carbocycles. The lowest BCUT2D eigenvalue weighted by Crippen LogP contribution is -2.48. The van der Waals surface area contributed by atoms with Gasteiger partial charge in [0.15, 0.2) is 0 Å². The lowest BCUT2D eigenvalue weighted by molar-refractivity contribution is -0.113. The summed E-state index contributed by atoms with van der Waals surface area (Å²) in [6, 6.07) is 0. The van der Waals surface area contributed by atoms with Gasteiger partial charge in [-0.1, -0.05) is 0 Å². The molecule has 1 aliphatic carbocycles. The lowest BCUT2D eigenvalue weighted by Gasteiger charge is -2.43. The average Bonchev–Trinajstić information content (AvgIpc) is 2.25. The molecule has 2 bridgehead atoms. The highest BCUT2D eigenvalue weighted by atomic mass is 16.6. The first-order valence-corrected chi connectivity index (χ1v) is 6.80. The molecule has 2 unspecified atom stereocenters. The topological polar surface area (TPSA) is 46.6 Å². The molecular weight excluding hydrogens is 230 g/mol. The summed E-state index contributed by atoms with van der Waals surface area (Å²) >= 11 is 0. The number of rotatable bonds is 1. The molecule has 4 heteroatoms. The Morgan fingerprint density at radius 1 is 1.17 bits per heavy atom. The van der Waals surface area contributed by atoms with Crippen LogP contribution in [-0.4, -0.2) is 36.0 Å². The Kier molecular flexibility index (Phi) is 3.64. The van der Waals surface area contributed by atoms with Crippen LogP contribution in [0, 0.1) is 17.8 Å². The van der Waals surface area contributed by atoms with Crippen molar-refractivity contribution in [1.29, 1.82) is 0 Å². The summed E-state index contributed by atoms with van der Waals surface area (Å²) in [5.41, 5.74) is -0.436. The molecular formula is C14H23NO3. The van der Waals surface area contributed by atoms with Crippen molar-refractivity contribution in [1.82, 2.24) is 4.90 Å². The van der Waals surface area contributed by atoms with Crippen molar-refractivity contribution < 1.29 is 14.3 Å². The van der Waals surface area contributed by atoms with Crippen LogP contribution in [0.4, 0.5) is 4.79 Å². The van der Waals surface area contributed by atoms with E-state index in [1.54, 1.807) is 0 Å². The Hall–Kier alpha value is -1.06. The number of likely N-dealkylation sites (tertiary alicyclic amines) is 1. The minimum absolute atomic E-state index is 0.203. The van der Waals surface area contributed by atoms with E-state index < -0.39 is 5.60 Å². The van der Waals surface area contributed by atoms with Crippen LogP contribution < -0.4 is 0 Å². The monoisotopic (exact) mass is 253 g/mol. The largest absolute Gasteiger partial charge is 0.444 e. The number of carbonyl (C=O) groups is 2. The summed E-state index contributed by atoms with van der Waals surface area (Å²) in [6.45, 7) is 7.15. The molecule has 1 aliphatic heterocycles.